The number of nitrogens with zero attached hydrogens (tertiary/aromatic N) is 1. The van der Waals surface area contributed by atoms with E-state index in [9.17, 15) is 37.8 Å². The van der Waals surface area contributed by atoms with Gasteiger partial charge in [-0.15, -0.1) is 0 Å². The van der Waals surface area contributed by atoms with Gasteiger partial charge < -0.3 is 19.8 Å². The molecule has 0 spiro atoms. The molecular weight excluding hydrogens is 625 g/mol. The molecule has 0 unspecified atom stereocenters. The van der Waals surface area contributed by atoms with Gasteiger partial charge in [0.15, 0.2) is 12.4 Å². The summed E-state index contributed by atoms with van der Waals surface area (Å²) in [5.41, 5.74) is -2.01. The van der Waals surface area contributed by atoms with Crippen LogP contribution in [0.25, 0.3) is 0 Å². The minimum atomic E-state index is -4.13. The Morgan fingerprint density at radius 3 is 2.41 bits per heavy atom. The van der Waals surface area contributed by atoms with E-state index in [0.717, 1.165) is 12.0 Å². The van der Waals surface area contributed by atoms with Gasteiger partial charge in [-0.1, -0.05) is 45.3 Å². The Kier molecular flexibility index (Phi) is 12.7. The van der Waals surface area contributed by atoms with E-state index in [2.05, 4.69) is 13.8 Å². The number of unbranched alkanes of at least 4 members (excludes halogenated alkanes) is 3. The predicted octanol–water partition coefficient (Wildman–Crippen LogP) is 2.66. The molecule has 0 heterocycles. The first-order valence-corrected chi connectivity index (χ1v) is 17.8. The van der Waals surface area contributed by atoms with E-state index in [4.69, 9.17) is 9.29 Å². The molecule has 253 valence electrons. The van der Waals surface area contributed by atoms with Crippen molar-refractivity contribution in [3.63, 3.8) is 0 Å². The largest absolute Gasteiger partial charge is 0.458 e. The van der Waals surface area contributed by atoms with Crippen LogP contribution in [0.2, 0.25) is 0 Å². The fourth-order valence-corrected chi connectivity index (χ4v) is 9.52. The third kappa shape index (κ3) is 7.90. The number of carbonyl (C=O) groups excluding carboxylic acids is 4. The summed E-state index contributed by atoms with van der Waals surface area (Å²) >= 11 is 0. The zero-order valence-electron chi connectivity index (χ0n) is 27.9. The minimum Gasteiger partial charge on any atom is -0.458 e. The number of hydrogen-bond acceptors (Lipinski definition) is 9. The molecule has 0 saturated heterocycles. The molecule has 8 atom stereocenters. The van der Waals surface area contributed by atoms with Gasteiger partial charge in [0.1, 0.15) is 5.60 Å². The van der Waals surface area contributed by atoms with E-state index in [1.165, 1.54) is 11.9 Å². The van der Waals surface area contributed by atoms with Crippen LogP contribution >= 0.6 is 0 Å². The van der Waals surface area contributed by atoms with Gasteiger partial charge in [-0.05, 0) is 68.4 Å². The van der Waals surface area contributed by atoms with Crippen molar-refractivity contribution in [1.29, 1.82) is 0 Å². The average molecular weight is 675 g/mol. The summed E-state index contributed by atoms with van der Waals surface area (Å²) in [4.78, 5) is 51.4. The normalized spacial score (nSPS) is 34.8. The van der Waals surface area contributed by atoms with Gasteiger partial charge in [-0.25, -0.2) is 0 Å². The topological polar surface area (TPSA) is 176 Å². The van der Waals surface area contributed by atoms with Gasteiger partial charge in [-0.2, -0.15) is 8.42 Å². The molecule has 4 rings (SSSR count). The number of ether oxygens (including phenoxy) is 1. The van der Waals surface area contributed by atoms with Crippen LogP contribution in [0.15, 0.2) is 23.8 Å². The molecule has 0 bridgehead atoms. The van der Waals surface area contributed by atoms with Gasteiger partial charge >= 0.3 is 5.97 Å². The summed E-state index contributed by atoms with van der Waals surface area (Å²) in [6, 6.07) is 0. The number of aliphatic hydroxyl groups is 2. The molecule has 1 radical (unpaired) electrons. The fourth-order valence-electron chi connectivity index (χ4n) is 9.02. The molecule has 13 heteroatoms. The Bertz CT molecular complexity index is 1360. The number of allylic oxidation sites excluding steroid dienone is 4. The quantitative estimate of drug-likeness (QED) is 0.114. The monoisotopic (exact) mass is 674 g/mol. The summed E-state index contributed by atoms with van der Waals surface area (Å²) in [6.45, 7) is 5.46. The predicted molar refractivity (Wildman–Crippen MR) is 171 cm³/mol. The van der Waals surface area contributed by atoms with E-state index >= 15 is 0 Å². The van der Waals surface area contributed by atoms with Crippen molar-refractivity contribution < 1.29 is 47.1 Å². The second-order valence-corrected chi connectivity index (χ2v) is 15.8. The van der Waals surface area contributed by atoms with Crippen LogP contribution in [0.3, 0.4) is 0 Å². The number of carbonyl (C=O) groups is 4. The summed E-state index contributed by atoms with van der Waals surface area (Å²) in [5.74, 6) is -1.79. The number of aliphatic hydroxyl groups excluding tert-OH is 1. The molecule has 46 heavy (non-hydrogen) atoms. The van der Waals surface area contributed by atoms with E-state index in [1.807, 2.05) is 13.0 Å². The number of esters is 1. The average Bonchev–Trinajstić information content (AvgIpc) is 3.23. The zero-order chi connectivity index (χ0) is 33.4. The van der Waals surface area contributed by atoms with Crippen LogP contribution in [0.1, 0.15) is 85.0 Å². The third-order valence-corrected chi connectivity index (χ3v) is 12.1. The summed E-state index contributed by atoms with van der Waals surface area (Å²) in [7, 11) is -2.66. The van der Waals surface area contributed by atoms with Crippen molar-refractivity contribution in [3.8, 4) is 0 Å². The SMILES string of the molecule is C[C@H]1C[C@@H]2[C@H]([C@@H](O)C[C@@]3(C)[C@H]2CC[C@]3(O)C(=O)COC(=O)CCCCCCC(=O)N(C)CCS(=O)(=O)O)[C@@]2(C)C=CC(=O)C=C12.[Na]. The number of Topliss-reactive ketones (excluding diaryl/α,β-unsaturated/α-hetero) is 1. The number of amides is 1. The van der Waals surface area contributed by atoms with Crippen LogP contribution in [0.5, 0.6) is 0 Å². The Morgan fingerprint density at radius 1 is 1.11 bits per heavy atom. The summed E-state index contributed by atoms with van der Waals surface area (Å²) in [5, 5.41) is 23.4. The van der Waals surface area contributed by atoms with Crippen LogP contribution < -0.4 is 0 Å². The maximum absolute atomic E-state index is 13.5. The van der Waals surface area contributed by atoms with Gasteiger partial charge in [0.05, 0.1) is 11.9 Å². The molecule has 3 fully saturated rings. The number of fused-ring (bicyclic) bond motifs is 5. The second kappa shape index (κ2) is 15.0. The van der Waals surface area contributed by atoms with Gasteiger partial charge in [0.25, 0.3) is 10.1 Å². The first-order chi connectivity index (χ1) is 20.9. The molecule has 0 aromatic carbocycles. The second-order valence-electron chi connectivity index (χ2n) is 14.2. The van der Waals surface area contributed by atoms with Crippen molar-refractivity contribution in [2.75, 3.05) is 26.0 Å². The van der Waals surface area contributed by atoms with E-state index in [1.54, 1.807) is 12.2 Å². The molecule has 3 saturated carbocycles. The number of ketones is 2. The van der Waals surface area contributed by atoms with Crippen molar-refractivity contribution in [2.45, 2.75) is 96.7 Å². The van der Waals surface area contributed by atoms with Crippen molar-refractivity contribution in [1.82, 2.24) is 4.90 Å². The Balaban J connectivity index is 0.00000576. The van der Waals surface area contributed by atoms with Crippen LogP contribution in [0.4, 0.5) is 0 Å². The molecular formula is C33H49NNaO10S. The molecule has 0 aliphatic heterocycles. The van der Waals surface area contributed by atoms with E-state index < -0.39 is 56.8 Å². The zero-order valence-corrected chi connectivity index (χ0v) is 30.7. The first-order valence-electron chi connectivity index (χ1n) is 16.2. The van der Waals surface area contributed by atoms with Crippen LogP contribution in [0, 0.1) is 34.5 Å². The van der Waals surface area contributed by atoms with Crippen molar-refractivity contribution >= 4 is 63.1 Å². The molecule has 0 aromatic rings. The molecule has 0 aromatic heterocycles. The fraction of sp³-hybridized carbons (Fsp3) is 0.758. The Morgan fingerprint density at radius 2 is 1.76 bits per heavy atom. The van der Waals surface area contributed by atoms with E-state index in [0.29, 0.717) is 32.1 Å². The molecule has 4 aliphatic rings. The van der Waals surface area contributed by atoms with Crippen LogP contribution in [-0.4, -0.2) is 119 Å². The van der Waals surface area contributed by atoms with Gasteiger partial charge in [-0.3, -0.25) is 23.7 Å². The standard InChI is InChI=1S/C33H49NO10S.Na/c1-21-17-23-24-12-14-33(40,32(24,3)19-26(36)30(23)31(2)13-11-22(35)18-25(21)31)27(37)20-44-29(39)10-8-6-5-7-9-28(38)34(4)15-16-45(41,42)43;/h11,13,18,21,23-24,26,30,36,40H,5-10,12,14-17,19-20H2,1-4H3,(H,41,42,43);/t21-,23-,24-,26-,30+,31-,32-,33-;/m0./s1. The summed E-state index contributed by atoms with van der Waals surface area (Å²) in [6.07, 6.45) is 9.06. The number of hydrogen-bond donors (Lipinski definition) is 3. The molecule has 1 amide bonds. The number of rotatable bonds is 13. The first kappa shape index (κ1) is 39.0. The Labute approximate surface area is 294 Å². The van der Waals surface area contributed by atoms with Crippen molar-refractivity contribution in [2.24, 2.45) is 34.5 Å². The molecule has 4 aliphatic carbocycles. The maximum atomic E-state index is 13.5. The van der Waals surface area contributed by atoms with Gasteiger partial charge in [0, 0.05) is 72.7 Å². The van der Waals surface area contributed by atoms with Gasteiger partial charge in [0.2, 0.25) is 11.7 Å². The maximum Gasteiger partial charge on any atom is 0.306 e. The molecule has 3 N–H and O–H groups in total. The molecule has 11 nitrogen and oxygen atoms in total. The summed E-state index contributed by atoms with van der Waals surface area (Å²) < 4.78 is 35.8. The smallest absolute Gasteiger partial charge is 0.306 e. The minimum absolute atomic E-state index is 0. The third-order valence-electron chi connectivity index (χ3n) is 11.4. The van der Waals surface area contributed by atoms with Crippen LogP contribution in [-0.2, 0) is 34.0 Å². The van der Waals surface area contributed by atoms with E-state index in [-0.39, 0.29) is 97.1 Å². The Hall–Kier alpha value is -1.41. The van der Waals surface area contributed by atoms with Crippen molar-refractivity contribution in [3.05, 3.63) is 23.8 Å².